The van der Waals surface area contributed by atoms with Gasteiger partial charge in [-0.2, -0.15) is 10.1 Å². The van der Waals surface area contributed by atoms with Crippen molar-refractivity contribution in [3.63, 3.8) is 0 Å². The second kappa shape index (κ2) is 8.28. The van der Waals surface area contributed by atoms with Gasteiger partial charge < -0.3 is 20.1 Å². The van der Waals surface area contributed by atoms with Crippen LogP contribution in [0.5, 0.6) is 0 Å². The van der Waals surface area contributed by atoms with Gasteiger partial charge in [-0.15, -0.1) is 0 Å². The standard InChI is InChI=1S/C18H25N7O2/c1-5-27-9-8-25-16-15(13(11-26)23-25)21-18(24(3)4)22-17(16)20-14-7-6-12(2)10-19-14/h6-7,10,26H,5,8-9,11H2,1-4H3,(H,19,20,21,22). The van der Waals surface area contributed by atoms with Crippen LogP contribution in [-0.2, 0) is 17.9 Å². The van der Waals surface area contributed by atoms with Crippen molar-refractivity contribution in [1.82, 2.24) is 24.7 Å². The number of anilines is 3. The third-order valence-electron chi connectivity index (χ3n) is 4.00. The maximum absolute atomic E-state index is 9.75. The molecule has 0 unspecified atom stereocenters. The predicted molar refractivity (Wildman–Crippen MR) is 104 cm³/mol. The van der Waals surface area contributed by atoms with Crippen molar-refractivity contribution in [3.05, 3.63) is 29.6 Å². The topological polar surface area (TPSA) is 101 Å². The molecule has 9 heteroatoms. The molecular formula is C18H25N7O2. The Morgan fingerprint density at radius 2 is 2.07 bits per heavy atom. The summed E-state index contributed by atoms with van der Waals surface area (Å²) in [6.45, 7) is 5.40. The van der Waals surface area contributed by atoms with Crippen molar-refractivity contribution in [1.29, 1.82) is 0 Å². The van der Waals surface area contributed by atoms with E-state index in [0.717, 1.165) is 5.56 Å². The number of aryl methyl sites for hydroxylation is 1. The van der Waals surface area contributed by atoms with Crippen LogP contribution in [0, 0.1) is 6.92 Å². The number of hydrogen-bond donors (Lipinski definition) is 2. The Balaban J connectivity index is 2.11. The Kier molecular flexibility index (Phi) is 5.82. The third-order valence-corrected chi connectivity index (χ3v) is 4.00. The Morgan fingerprint density at radius 3 is 2.70 bits per heavy atom. The average molecular weight is 371 g/mol. The molecule has 144 valence electrons. The van der Waals surface area contributed by atoms with Gasteiger partial charge >= 0.3 is 0 Å². The molecule has 0 fully saturated rings. The number of hydrogen-bond acceptors (Lipinski definition) is 8. The summed E-state index contributed by atoms with van der Waals surface area (Å²) >= 11 is 0. The van der Waals surface area contributed by atoms with E-state index in [9.17, 15) is 5.11 Å². The van der Waals surface area contributed by atoms with Crippen LogP contribution in [0.4, 0.5) is 17.6 Å². The van der Waals surface area contributed by atoms with E-state index >= 15 is 0 Å². The molecule has 0 aliphatic heterocycles. The molecule has 3 rings (SSSR count). The van der Waals surface area contributed by atoms with E-state index in [1.807, 2.05) is 45.0 Å². The number of fused-ring (bicyclic) bond motifs is 1. The van der Waals surface area contributed by atoms with Crippen molar-refractivity contribution in [2.24, 2.45) is 0 Å². The summed E-state index contributed by atoms with van der Waals surface area (Å²) in [5, 5.41) is 17.5. The van der Waals surface area contributed by atoms with Crippen LogP contribution in [0.25, 0.3) is 11.0 Å². The highest BCUT2D eigenvalue weighted by atomic mass is 16.5. The predicted octanol–water partition coefficient (Wildman–Crippen LogP) is 1.87. The Morgan fingerprint density at radius 1 is 1.26 bits per heavy atom. The number of aliphatic hydroxyl groups is 1. The minimum atomic E-state index is -0.204. The molecule has 0 aliphatic carbocycles. The highest BCUT2D eigenvalue weighted by Gasteiger charge is 2.19. The molecule has 2 N–H and O–H groups in total. The molecule has 0 spiro atoms. The molecule has 0 aromatic carbocycles. The summed E-state index contributed by atoms with van der Waals surface area (Å²) in [4.78, 5) is 15.4. The van der Waals surface area contributed by atoms with Crippen LogP contribution < -0.4 is 10.2 Å². The van der Waals surface area contributed by atoms with Crippen LogP contribution in [0.2, 0.25) is 0 Å². The second-order valence-electron chi connectivity index (χ2n) is 6.33. The number of rotatable bonds is 8. The SMILES string of the molecule is CCOCCn1nc(CO)c2nc(N(C)C)nc(Nc3ccc(C)cn3)c21. The first-order valence-corrected chi connectivity index (χ1v) is 8.86. The van der Waals surface area contributed by atoms with E-state index in [-0.39, 0.29) is 6.61 Å². The molecule has 0 aliphatic rings. The minimum Gasteiger partial charge on any atom is -0.390 e. The second-order valence-corrected chi connectivity index (χ2v) is 6.33. The lowest BCUT2D eigenvalue weighted by Crippen LogP contribution is -2.15. The van der Waals surface area contributed by atoms with E-state index in [1.54, 1.807) is 10.9 Å². The lowest BCUT2D eigenvalue weighted by atomic mass is 10.3. The molecule has 27 heavy (non-hydrogen) atoms. The first kappa shape index (κ1) is 19.0. The van der Waals surface area contributed by atoms with Crippen molar-refractivity contribution in [3.8, 4) is 0 Å². The summed E-state index contributed by atoms with van der Waals surface area (Å²) in [6.07, 6.45) is 1.79. The zero-order chi connectivity index (χ0) is 19.4. The highest BCUT2D eigenvalue weighted by molar-refractivity contribution is 5.90. The van der Waals surface area contributed by atoms with E-state index in [0.29, 0.717) is 54.1 Å². The van der Waals surface area contributed by atoms with Gasteiger partial charge in [-0.25, -0.2) is 9.97 Å². The molecule has 0 radical (unpaired) electrons. The molecule has 3 aromatic heterocycles. The van der Waals surface area contributed by atoms with E-state index in [1.165, 1.54) is 0 Å². The summed E-state index contributed by atoms with van der Waals surface area (Å²) < 4.78 is 7.23. The van der Waals surface area contributed by atoms with E-state index in [2.05, 4.69) is 25.4 Å². The van der Waals surface area contributed by atoms with Gasteiger partial charge in [0.15, 0.2) is 5.82 Å². The maximum Gasteiger partial charge on any atom is 0.227 e. The van der Waals surface area contributed by atoms with Crippen LogP contribution in [-0.4, -0.2) is 57.1 Å². The molecule has 9 nitrogen and oxygen atoms in total. The molecular weight excluding hydrogens is 346 g/mol. The third kappa shape index (κ3) is 4.15. The van der Waals surface area contributed by atoms with Gasteiger partial charge in [0, 0.05) is 26.9 Å². The Labute approximate surface area is 158 Å². The van der Waals surface area contributed by atoms with Gasteiger partial charge in [0.1, 0.15) is 22.5 Å². The number of nitrogens with zero attached hydrogens (tertiary/aromatic N) is 6. The van der Waals surface area contributed by atoms with Crippen LogP contribution >= 0.6 is 0 Å². The van der Waals surface area contributed by atoms with E-state index < -0.39 is 0 Å². The van der Waals surface area contributed by atoms with Gasteiger partial charge in [-0.1, -0.05) is 6.07 Å². The van der Waals surface area contributed by atoms with Gasteiger partial charge in [-0.05, 0) is 25.5 Å². The largest absolute Gasteiger partial charge is 0.390 e. The zero-order valence-corrected chi connectivity index (χ0v) is 16.1. The van der Waals surface area contributed by atoms with Crippen LogP contribution in [0.15, 0.2) is 18.3 Å². The molecule has 0 saturated carbocycles. The first-order chi connectivity index (χ1) is 13.0. The zero-order valence-electron chi connectivity index (χ0n) is 16.1. The number of pyridine rings is 1. The molecule has 0 amide bonds. The number of aliphatic hydroxyl groups excluding tert-OH is 1. The summed E-state index contributed by atoms with van der Waals surface area (Å²) in [5.74, 6) is 1.79. The quantitative estimate of drug-likeness (QED) is 0.579. The normalized spacial score (nSPS) is 11.1. The van der Waals surface area contributed by atoms with Crippen molar-refractivity contribution in [2.45, 2.75) is 27.0 Å². The molecule has 0 bridgehead atoms. The van der Waals surface area contributed by atoms with Crippen LogP contribution in [0.1, 0.15) is 18.2 Å². The lowest BCUT2D eigenvalue weighted by Gasteiger charge is -2.14. The lowest BCUT2D eigenvalue weighted by molar-refractivity contribution is 0.137. The highest BCUT2D eigenvalue weighted by Crippen LogP contribution is 2.28. The minimum absolute atomic E-state index is 0.204. The molecule has 0 saturated heterocycles. The van der Waals surface area contributed by atoms with Crippen molar-refractivity contribution >= 4 is 28.6 Å². The number of nitrogens with one attached hydrogen (secondary N) is 1. The Bertz CT molecular complexity index is 906. The smallest absolute Gasteiger partial charge is 0.227 e. The summed E-state index contributed by atoms with van der Waals surface area (Å²) in [6, 6.07) is 3.87. The molecule has 0 atom stereocenters. The fourth-order valence-corrected chi connectivity index (χ4v) is 2.65. The number of aromatic nitrogens is 5. The molecule has 3 aromatic rings. The van der Waals surface area contributed by atoms with Gasteiger partial charge in [0.2, 0.25) is 5.95 Å². The van der Waals surface area contributed by atoms with Gasteiger partial charge in [-0.3, -0.25) is 4.68 Å². The fraction of sp³-hybridized carbons (Fsp3) is 0.444. The summed E-state index contributed by atoms with van der Waals surface area (Å²) in [5.41, 5.74) is 2.91. The van der Waals surface area contributed by atoms with Gasteiger partial charge in [0.05, 0.1) is 19.8 Å². The number of ether oxygens (including phenoxy) is 1. The van der Waals surface area contributed by atoms with Gasteiger partial charge in [0.25, 0.3) is 0 Å². The maximum atomic E-state index is 9.75. The molecule has 3 heterocycles. The summed E-state index contributed by atoms with van der Waals surface area (Å²) in [7, 11) is 3.74. The van der Waals surface area contributed by atoms with Crippen molar-refractivity contribution < 1.29 is 9.84 Å². The van der Waals surface area contributed by atoms with E-state index in [4.69, 9.17) is 4.74 Å². The average Bonchev–Trinajstić information content (AvgIpc) is 3.02. The van der Waals surface area contributed by atoms with Crippen molar-refractivity contribution in [2.75, 3.05) is 37.5 Å². The fourth-order valence-electron chi connectivity index (χ4n) is 2.65. The van der Waals surface area contributed by atoms with Crippen LogP contribution in [0.3, 0.4) is 0 Å². The Hall–Kier alpha value is -2.78. The monoisotopic (exact) mass is 371 g/mol. The first-order valence-electron chi connectivity index (χ1n) is 8.86.